The van der Waals surface area contributed by atoms with Crippen molar-refractivity contribution in [2.75, 3.05) is 20.8 Å². The van der Waals surface area contributed by atoms with E-state index in [1.807, 2.05) is 44.2 Å². The molecule has 8 nitrogen and oxygen atoms in total. The van der Waals surface area contributed by atoms with Crippen LogP contribution in [0.25, 0.3) is 6.08 Å². The summed E-state index contributed by atoms with van der Waals surface area (Å²) in [5.41, 5.74) is 2.05. The topological polar surface area (TPSA) is 88.4 Å². The van der Waals surface area contributed by atoms with E-state index in [4.69, 9.17) is 18.9 Å². The van der Waals surface area contributed by atoms with Gasteiger partial charge in [0.15, 0.2) is 16.3 Å². The van der Waals surface area contributed by atoms with Gasteiger partial charge in [0.05, 0.1) is 48.8 Å². The number of fused-ring (bicyclic) bond motifs is 1. The van der Waals surface area contributed by atoms with E-state index in [1.54, 1.807) is 50.8 Å². The summed E-state index contributed by atoms with van der Waals surface area (Å²) >= 11 is 1.27. The van der Waals surface area contributed by atoms with Crippen molar-refractivity contribution in [2.45, 2.75) is 39.8 Å². The molecular formula is C28H30N2O6S. The predicted molar refractivity (Wildman–Crippen MR) is 142 cm³/mol. The van der Waals surface area contributed by atoms with Gasteiger partial charge >= 0.3 is 5.97 Å². The lowest BCUT2D eigenvalue weighted by atomic mass is 9.95. The Labute approximate surface area is 219 Å². The summed E-state index contributed by atoms with van der Waals surface area (Å²) in [7, 11) is 3.15. The van der Waals surface area contributed by atoms with Crippen molar-refractivity contribution < 1.29 is 23.7 Å². The quantitative estimate of drug-likeness (QED) is 0.420. The summed E-state index contributed by atoms with van der Waals surface area (Å²) in [6.07, 6.45) is 1.75. The Hall–Kier alpha value is -3.85. The average molecular weight is 523 g/mol. The van der Waals surface area contributed by atoms with Crippen LogP contribution in [0.5, 0.6) is 17.2 Å². The van der Waals surface area contributed by atoms with E-state index in [0.717, 1.165) is 5.56 Å². The molecule has 1 aromatic heterocycles. The van der Waals surface area contributed by atoms with Crippen molar-refractivity contribution in [3.63, 3.8) is 0 Å². The fourth-order valence-electron chi connectivity index (χ4n) is 4.20. The lowest BCUT2D eigenvalue weighted by Gasteiger charge is -2.25. The maximum absolute atomic E-state index is 13.8. The number of benzene rings is 2. The Balaban J connectivity index is 1.94. The number of thiazole rings is 1. The van der Waals surface area contributed by atoms with E-state index in [9.17, 15) is 9.59 Å². The number of carbonyl (C=O) groups excluding carboxylic acids is 1. The number of hydrogen-bond donors (Lipinski definition) is 0. The fraction of sp³-hybridized carbons (Fsp3) is 0.321. The number of aromatic nitrogens is 1. The molecule has 4 rings (SSSR count). The van der Waals surface area contributed by atoms with Crippen LogP contribution in [0.3, 0.4) is 0 Å². The largest absolute Gasteiger partial charge is 0.497 e. The van der Waals surface area contributed by atoms with Gasteiger partial charge in [-0.3, -0.25) is 9.36 Å². The number of esters is 1. The molecule has 1 aliphatic heterocycles. The Morgan fingerprint density at radius 2 is 1.92 bits per heavy atom. The molecule has 1 aliphatic rings. The van der Waals surface area contributed by atoms with Gasteiger partial charge in [-0.15, -0.1) is 0 Å². The van der Waals surface area contributed by atoms with Gasteiger partial charge in [0.2, 0.25) is 0 Å². The number of allylic oxidation sites excluding steroid dienone is 1. The smallest absolute Gasteiger partial charge is 0.338 e. The number of ether oxygens (including phenoxy) is 4. The normalized spacial score (nSPS) is 15.3. The summed E-state index contributed by atoms with van der Waals surface area (Å²) in [4.78, 5) is 32.0. The first kappa shape index (κ1) is 26.2. The van der Waals surface area contributed by atoms with Gasteiger partial charge < -0.3 is 18.9 Å². The van der Waals surface area contributed by atoms with Crippen molar-refractivity contribution in [2.24, 2.45) is 4.99 Å². The third-order valence-corrected chi connectivity index (χ3v) is 6.76. The molecule has 0 N–H and O–H groups in total. The number of nitrogens with zero attached hydrogens (tertiary/aromatic N) is 2. The van der Waals surface area contributed by atoms with Crippen LogP contribution in [0, 0.1) is 0 Å². The van der Waals surface area contributed by atoms with Gasteiger partial charge in [-0.25, -0.2) is 9.79 Å². The zero-order valence-corrected chi connectivity index (χ0v) is 22.5. The zero-order valence-electron chi connectivity index (χ0n) is 21.7. The van der Waals surface area contributed by atoms with Gasteiger partial charge in [-0.05, 0) is 69.2 Å². The molecule has 0 amide bonds. The predicted octanol–water partition coefficient (Wildman–Crippen LogP) is 3.60. The lowest BCUT2D eigenvalue weighted by Crippen LogP contribution is -2.40. The molecule has 2 aromatic carbocycles. The van der Waals surface area contributed by atoms with Gasteiger partial charge in [0.25, 0.3) is 5.56 Å². The second-order valence-corrected chi connectivity index (χ2v) is 9.66. The molecule has 2 heterocycles. The first-order valence-electron chi connectivity index (χ1n) is 12.0. The molecule has 0 fully saturated rings. The van der Waals surface area contributed by atoms with E-state index < -0.39 is 12.0 Å². The van der Waals surface area contributed by atoms with Crippen LogP contribution in [0.4, 0.5) is 0 Å². The van der Waals surface area contributed by atoms with E-state index >= 15 is 0 Å². The van der Waals surface area contributed by atoms with Gasteiger partial charge in [-0.2, -0.15) is 0 Å². The molecule has 0 saturated carbocycles. The standard InChI is InChI=1S/C28H30N2O6S/c1-7-35-27(32)24-17(4)29-28-30(25(24)19-11-12-21(36-16(2)3)22(15-19)34-6)26(31)23(37-28)14-18-9-8-10-20(13-18)33-5/h8-16,25H,7H2,1-6H3. The summed E-state index contributed by atoms with van der Waals surface area (Å²) in [5, 5.41) is 0. The molecule has 37 heavy (non-hydrogen) atoms. The van der Waals surface area contributed by atoms with Crippen LogP contribution in [0.15, 0.2) is 63.5 Å². The molecule has 0 saturated heterocycles. The molecule has 9 heteroatoms. The van der Waals surface area contributed by atoms with E-state index in [2.05, 4.69) is 4.99 Å². The zero-order chi connectivity index (χ0) is 26.7. The van der Waals surface area contributed by atoms with Crippen LogP contribution in [-0.4, -0.2) is 37.5 Å². The highest BCUT2D eigenvalue weighted by Crippen LogP contribution is 2.36. The van der Waals surface area contributed by atoms with E-state index in [1.165, 1.54) is 11.3 Å². The van der Waals surface area contributed by atoms with E-state index in [-0.39, 0.29) is 18.3 Å². The average Bonchev–Trinajstić information content (AvgIpc) is 3.17. The second-order valence-electron chi connectivity index (χ2n) is 8.66. The van der Waals surface area contributed by atoms with Crippen LogP contribution < -0.4 is 29.1 Å². The SMILES string of the molecule is CCOC(=O)C1=C(C)N=c2sc(=Cc3cccc(OC)c3)c(=O)n2C1c1ccc(OC(C)C)c(OC)c1. The number of hydrogen-bond acceptors (Lipinski definition) is 8. The van der Waals surface area contributed by atoms with Gasteiger partial charge in [0.1, 0.15) is 5.75 Å². The summed E-state index contributed by atoms with van der Waals surface area (Å²) in [6, 6.07) is 12.1. The molecule has 0 bridgehead atoms. The Kier molecular flexibility index (Phi) is 7.83. The molecule has 194 valence electrons. The maximum atomic E-state index is 13.8. The van der Waals surface area contributed by atoms with E-state index in [0.29, 0.717) is 43.4 Å². The Morgan fingerprint density at radius 1 is 1.14 bits per heavy atom. The Morgan fingerprint density at radius 3 is 2.59 bits per heavy atom. The molecule has 0 aliphatic carbocycles. The van der Waals surface area contributed by atoms with Crippen molar-refractivity contribution in [3.8, 4) is 17.2 Å². The summed E-state index contributed by atoms with van der Waals surface area (Å²) in [6.45, 7) is 7.56. The first-order chi connectivity index (χ1) is 17.8. The third-order valence-electron chi connectivity index (χ3n) is 5.77. The highest BCUT2D eigenvalue weighted by atomic mass is 32.1. The van der Waals surface area contributed by atoms with Crippen LogP contribution in [0.2, 0.25) is 0 Å². The van der Waals surface area contributed by atoms with Gasteiger partial charge in [-0.1, -0.05) is 29.5 Å². The van der Waals surface area contributed by atoms with Crippen LogP contribution >= 0.6 is 11.3 Å². The molecule has 0 spiro atoms. The number of methoxy groups -OCH3 is 2. The lowest BCUT2D eigenvalue weighted by molar-refractivity contribution is -0.139. The molecular weight excluding hydrogens is 492 g/mol. The van der Waals surface area contributed by atoms with Crippen molar-refractivity contribution in [3.05, 3.63) is 84.5 Å². The van der Waals surface area contributed by atoms with Crippen LogP contribution in [-0.2, 0) is 9.53 Å². The van der Waals surface area contributed by atoms with Gasteiger partial charge in [0, 0.05) is 0 Å². The fourth-order valence-corrected chi connectivity index (χ4v) is 5.24. The minimum absolute atomic E-state index is 0.0498. The molecule has 1 unspecified atom stereocenters. The number of carbonyl (C=O) groups is 1. The van der Waals surface area contributed by atoms with Crippen molar-refractivity contribution in [1.29, 1.82) is 0 Å². The Bertz CT molecular complexity index is 1530. The summed E-state index contributed by atoms with van der Waals surface area (Å²) in [5.74, 6) is 1.25. The molecule has 3 aromatic rings. The highest BCUT2D eigenvalue weighted by molar-refractivity contribution is 7.07. The molecule has 1 atom stereocenters. The minimum Gasteiger partial charge on any atom is -0.497 e. The van der Waals surface area contributed by atoms with Crippen LogP contribution in [0.1, 0.15) is 44.9 Å². The van der Waals surface area contributed by atoms with Crippen molar-refractivity contribution >= 4 is 23.4 Å². The highest BCUT2D eigenvalue weighted by Gasteiger charge is 2.34. The monoisotopic (exact) mass is 522 g/mol. The van der Waals surface area contributed by atoms with Crippen molar-refractivity contribution in [1.82, 2.24) is 4.57 Å². The molecule has 0 radical (unpaired) electrons. The summed E-state index contributed by atoms with van der Waals surface area (Å²) < 4.78 is 24.2. The maximum Gasteiger partial charge on any atom is 0.338 e. The number of rotatable bonds is 8. The second kappa shape index (κ2) is 11.0. The minimum atomic E-state index is -0.746. The first-order valence-corrected chi connectivity index (χ1v) is 12.8. The third kappa shape index (κ3) is 5.32.